The molecule has 0 heterocycles. The molecule has 0 amide bonds. The van der Waals surface area contributed by atoms with E-state index in [9.17, 15) is 0 Å². The summed E-state index contributed by atoms with van der Waals surface area (Å²) in [6.07, 6.45) is 10.0. The fraction of sp³-hybridized carbons (Fsp3) is 0.200. The molecule has 0 radical (unpaired) electrons. The number of hydrogen-bond donors (Lipinski definition) is 0. The van der Waals surface area contributed by atoms with E-state index < -0.39 is 20.8 Å². The van der Waals surface area contributed by atoms with Gasteiger partial charge in [0.15, 0.2) is 0 Å². The Hall–Kier alpha value is 0.943. The summed E-state index contributed by atoms with van der Waals surface area (Å²) in [6, 6.07) is 0. The second kappa shape index (κ2) is 7.94. The summed E-state index contributed by atoms with van der Waals surface area (Å²) < 4.78 is 0. The third-order valence-corrected chi connectivity index (χ3v) is 0.586. The molecule has 3 heteroatoms. The molecule has 0 unspecified atom stereocenters. The minimum atomic E-state index is -0.826. The van der Waals surface area contributed by atoms with Gasteiger partial charge < -0.3 is 0 Å². The fourth-order valence-electron chi connectivity index (χ4n) is 0.340. The van der Waals surface area contributed by atoms with E-state index in [0.29, 0.717) is 0 Å². The molecule has 0 fully saturated rings. The Kier molecular flexibility index (Phi) is 8.88. The van der Waals surface area contributed by atoms with Gasteiger partial charge in [-0.15, -0.1) is 6.42 Å². The van der Waals surface area contributed by atoms with Crippen LogP contribution in [0.25, 0.3) is 0 Å². The molecule has 42 valence electrons. The van der Waals surface area contributed by atoms with E-state index in [1.165, 1.54) is 0 Å². The van der Waals surface area contributed by atoms with Gasteiger partial charge in [-0.25, -0.2) is 12.2 Å². The monoisotopic (exact) mass is 225 g/mol. The molecule has 0 spiro atoms. The van der Waals surface area contributed by atoms with E-state index in [-0.39, 0.29) is 0 Å². The van der Waals surface area contributed by atoms with Crippen LogP contribution in [0.1, 0.15) is 6.42 Å². The number of rotatable bonds is 0. The molecule has 0 atom stereocenters. The average molecular weight is 227 g/mol. The van der Waals surface area contributed by atoms with Crippen molar-refractivity contribution in [2.75, 3.05) is 0 Å². The Morgan fingerprint density at radius 3 is 2.25 bits per heavy atom. The zero-order valence-electron chi connectivity index (χ0n) is 4.20. The van der Waals surface area contributed by atoms with Crippen LogP contribution in [0.3, 0.4) is 0 Å². The molecule has 0 saturated carbocycles. The summed E-state index contributed by atoms with van der Waals surface area (Å²) in [5.41, 5.74) is 0. The number of halogens is 2. The van der Waals surface area contributed by atoms with Crippen molar-refractivity contribution >= 4 is 17.0 Å². The second-order valence-corrected chi connectivity index (χ2v) is 4.81. The summed E-state index contributed by atoms with van der Waals surface area (Å²) in [4.78, 5) is 0. The quantitative estimate of drug-likeness (QED) is 0.558. The molecular weight excluding hydrogens is 222 g/mol. The van der Waals surface area contributed by atoms with Crippen molar-refractivity contribution in [2.45, 2.75) is 6.42 Å². The van der Waals surface area contributed by atoms with Crippen molar-refractivity contribution in [1.29, 1.82) is 0 Å². The van der Waals surface area contributed by atoms with Crippen molar-refractivity contribution in [3.8, 4) is 0 Å². The van der Waals surface area contributed by atoms with Crippen LogP contribution < -0.4 is 0 Å². The summed E-state index contributed by atoms with van der Waals surface area (Å²) >= 11 is -0.826. The van der Waals surface area contributed by atoms with Gasteiger partial charge in [0.25, 0.3) is 0 Å². The second-order valence-electron chi connectivity index (χ2n) is 1.07. The van der Waals surface area contributed by atoms with Crippen LogP contribution in [-0.2, 0) is 20.8 Å². The molecule has 8 heavy (non-hydrogen) atoms. The van der Waals surface area contributed by atoms with E-state index >= 15 is 0 Å². The molecule has 1 aliphatic carbocycles. The third-order valence-electron chi connectivity index (χ3n) is 0.586. The molecule has 0 aromatic rings. The first-order valence-electron chi connectivity index (χ1n) is 2.10. The number of hydrogen-bond acceptors (Lipinski definition) is 0. The van der Waals surface area contributed by atoms with Gasteiger partial charge in [0.1, 0.15) is 0 Å². The van der Waals surface area contributed by atoms with Crippen LogP contribution in [0.2, 0.25) is 0 Å². The summed E-state index contributed by atoms with van der Waals surface area (Å²) in [5.74, 6) is 0. The Bertz CT molecular complexity index is 78.4. The van der Waals surface area contributed by atoms with Crippen molar-refractivity contribution in [3.05, 3.63) is 24.3 Å². The molecule has 0 aromatic carbocycles. The molecule has 0 aromatic heterocycles. The Morgan fingerprint density at radius 1 is 1.50 bits per heavy atom. The van der Waals surface area contributed by atoms with Crippen LogP contribution in [-0.4, -0.2) is 0 Å². The van der Waals surface area contributed by atoms with Crippen LogP contribution >= 0.6 is 17.0 Å². The predicted molar refractivity (Wildman–Crippen MR) is 33.3 cm³/mol. The van der Waals surface area contributed by atoms with Gasteiger partial charge in [-0.2, -0.15) is 6.08 Å². The molecule has 0 nitrogen and oxygen atoms in total. The topological polar surface area (TPSA) is 0 Å². The first-order valence-corrected chi connectivity index (χ1v) is 8.43. The molecule has 0 N–H and O–H groups in total. The molecule has 0 saturated heterocycles. The third kappa shape index (κ3) is 6.94. The standard InChI is InChI=1S/C5H5.2ClH.Zr/c1-2-4-5-3-1;;;/h1-3H,4H2;2*1H;/q-1;;;+4/p-2. The fourth-order valence-corrected chi connectivity index (χ4v) is 0.340. The first kappa shape index (κ1) is 8.94. The Labute approximate surface area is 68.2 Å². The molecule has 0 aliphatic heterocycles. The van der Waals surface area contributed by atoms with Gasteiger partial charge in [-0.05, 0) is 0 Å². The summed E-state index contributed by atoms with van der Waals surface area (Å²) in [5, 5.41) is 0. The van der Waals surface area contributed by atoms with Gasteiger partial charge in [0, 0.05) is 0 Å². The first-order chi connectivity index (χ1) is 3.91. The van der Waals surface area contributed by atoms with Gasteiger partial charge >= 0.3 is 37.9 Å². The maximum atomic E-state index is 4.93. The SMILES string of the molecule is [C-]1=CC=CC1.[Cl][Zr+2][Cl]. The van der Waals surface area contributed by atoms with Crippen LogP contribution in [0.15, 0.2) is 18.2 Å². The van der Waals surface area contributed by atoms with E-state index in [1.807, 2.05) is 12.2 Å². The molecule has 1 aliphatic rings. The maximum absolute atomic E-state index is 4.93. The van der Waals surface area contributed by atoms with E-state index in [1.54, 1.807) is 0 Å². The Balaban J connectivity index is 0.000000145. The molecule has 1 rings (SSSR count). The van der Waals surface area contributed by atoms with Crippen molar-refractivity contribution in [2.24, 2.45) is 0 Å². The van der Waals surface area contributed by atoms with Crippen LogP contribution in [0.4, 0.5) is 0 Å². The molecule has 0 bridgehead atoms. The normalized spacial score (nSPS) is 12.2. The summed E-state index contributed by atoms with van der Waals surface area (Å²) in [7, 11) is 9.87. The van der Waals surface area contributed by atoms with Gasteiger partial charge in [-0.3, -0.25) is 6.08 Å². The van der Waals surface area contributed by atoms with Crippen molar-refractivity contribution in [3.63, 3.8) is 0 Å². The minimum absolute atomic E-state index is 0.826. The summed E-state index contributed by atoms with van der Waals surface area (Å²) in [6.45, 7) is 0. The van der Waals surface area contributed by atoms with Crippen LogP contribution in [0, 0.1) is 6.08 Å². The zero-order chi connectivity index (χ0) is 6.24. The van der Waals surface area contributed by atoms with Crippen LogP contribution in [0.5, 0.6) is 0 Å². The van der Waals surface area contributed by atoms with Crippen molar-refractivity contribution in [1.82, 2.24) is 0 Å². The average Bonchev–Trinajstić information content (AvgIpc) is 2.17. The van der Waals surface area contributed by atoms with Gasteiger partial charge in [0.05, 0.1) is 0 Å². The van der Waals surface area contributed by atoms with Gasteiger partial charge in [0.2, 0.25) is 0 Å². The van der Waals surface area contributed by atoms with Gasteiger partial charge in [-0.1, -0.05) is 0 Å². The number of allylic oxidation sites excluding steroid dienone is 4. The zero-order valence-corrected chi connectivity index (χ0v) is 8.16. The van der Waals surface area contributed by atoms with E-state index in [2.05, 4.69) is 12.2 Å². The Morgan fingerprint density at radius 2 is 2.12 bits per heavy atom. The predicted octanol–water partition coefficient (Wildman–Crippen LogP) is 2.68. The van der Waals surface area contributed by atoms with Crippen molar-refractivity contribution < 1.29 is 20.8 Å². The van der Waals surface area contributed by atoms with E-state index in [4.69, 9.17) is 17.0 Å². The molecular formula is C5H5Cl2Zr+. The van der Waals surface area contributed by atoms with E-state index in [0.717, 1.165) is 6.42 Å².